The van der Waals surface area contributed by atoms with E-state index in [9.17, 15) is 18.0 Å². The van der Waals surface area contributed by atoms with Gasteiger partial charge in [-0.3, -0.25) is 9.69 Å². The third-order valence-corrected chi connectivity index (χ3v) is 9.47. The van der Waals surface area contributed by atoms with Crippen molar-refractivity contribution in [1.29, 1.82) is 0 Å². The Morgan fingerprint density at radius 1 is 1.35 bits per heavy atom. The number of aryl methyl sites for hydroxylation is 1. The number of thiazole rings is 1. The first kappa shape index (κ1) is 22.2. The number of nitrogens with two attached hydrogens (primary N) is 1. The number of sulfonamides is 1. The minimum Gasteiger partial charge on any atom is -0.444 e. The molecule has 0 radical (unpaired) electrons. The van der Waals surface area contributed by atoms with E-state index < -0.39 is 22.0 Å². The smallest absolute Gasteiger partial charge is 0.414 e. The molecule has 12 heteroatoms. The molecule has 4 rings (SSSR count). The number of amides is 2. The number of carbonyl (C=O) groups excluding carboxylic acids is 2. The van der Waals surface area contributed by atoms with Crippen LogP contribution in [0.3, 0.4) is 0 Å². The maximum absolute atomic E-state index is 13.2. The number of nitrogens with zero attached hydrogens (tertiary/aromatic N) is 3. The summed E-state index contributed by atoms with van der Waals surface area (Å²) in [6.45, 7) is 2.37. The Morgan fingerprint density at radius 2 is 2.06 bits per heavy atom. The van der Waals surface area contributed by atoms with Gasteiger partial charge in [0.05, 0.1) is 17.8 Å². The van der Waals surface area contributed by atoms with Crippen LogP contribution in [0.5, 0.6) is 0 Å². The molecule has 0 unspecified atom stereocenters. The van der Waals surface area contributed by atoms with Gasteiger partial charge in [-0.15, -0.1) is 11.3 Å². The SMILES string of the molecule is Cc1nc(CC(N)=O)sc1S(=O)(=O)N1CCC(N2C(=O)OCc3cc(Br)ccc32)CC1. The number of benzene rings is 1. The molecule has 31 heavy (non-hydrogen) atoms. The summed E-state index contributed by atoms with van der Waals surface area (Å²) < 4.78 is 34.1. The molecule has 166 valence electrons. The normalized spacial score (nSPS) is 18.0. The van der Waals surface area contributed by atoms with Gasteiger partial charge in [0.1, 0.15) is 11.6 Å². The molecular formula is C19H21BrN4O5S2. The second kappa shape index (κ2) is 8.49. The van der Waals surface area contributed by atoms with Crippen LogP contribution in [0.4, 0.5) is 10.5 Å². The Bertz CT molecular complexity index is 1140. The van der Waals surface area contributed by atoms with Crippen LogP contribution in [0.15, 0.2) is 26.9 Å². The number of aromatic nitrogens is 1. The summed E-state index contributed by atoms with van der Waals surface area (Å²) in [5, 5.41) is 0.386. The van der Waals surface area contributed by atoms with E-state index in [1.807, 2.05) is 18.2 Å². The lowest BCUT2D eigenvalue weighted by molar-refractivity contribution is -0.117. The number of halogens is 1. The summed E-state index contributed by atoms with van der Waals surface area (Å²) in [6.07, 6.45) is 0.465. The molecule has 0 atom stereocenters. The van der Waals surface area contributed by atoms with Gasteiger partial charge in [0, 0.05) is 29.2 Å². The maximum Gasteiger partial charge on any atom is 0.414 e. The van der Waals surface area contributed by atoms with Crippen molar-refractivity contribution in [1.82, 2.24) is 9.29 Å². The van der Waals surface area contributed by atoms with Gasteiger partial charge in [-0.25, -0.2) is 18.2 Å². The number of piperidine rings is 1. The molecule has 2 N–H and O–H groups in total. The molecule has 1 saturated heterocycles. The first-order chi connectivity index (χ1) is 14.7. The van der Waals surface area contributed by atoms with Gasteiger partial charge in [-0.2, -0.15) is 4.31 Å². The standard InChI is InChI=1S/C19H21BrN4O5S2/c1-11-18(30-17(22-11)9-16(21)25)31(27,28)23-6-4-14(5-7-23)24-15-3-2-13(20)8-12(15)10-29-19(24)26/h2-3,8,14H,4-7,9-10H2,1H3,(H2,21,25). The van der Waals surface area contributed by atoms with Crippen LogP contribution in [-0.4, -0.2) is 48.8 Å². The molecule has 0 spiro atoms. The third-order valence-electron chi connectivity index (χ3n) is 5.34. The van der Waals surface area contributed by atoms with Crippen LogP contribution in [-0.2, 0) is 32.6 Å². The van der Waals surface area contributed by atoms with Gasteiger partial charge in [-0.1, -0.05) is 15.9 Å². The Morgan fingerprint density at radius 3 is 2.74 bits per heavy atom. The van der Waals surface area contributed by atoms with Gasteiger partial charge in [-0.05, 0) is 38.0 Å². The van der Waals surface area contributed by atoms with Gasteiger partial charge in [0.2, 0.25) is 5.91 Å². The van der Waals surface area contributed by atoms with Crippen molar-refractivity contribution in [3.8, 4) is 0 Å². The monoisotopic (exact) mass is 528 g/mol. The highest BCUT2D eigenvalue weighted by Crippen LogP contribution is 2.35. The zero-order valence-electron chi connectivity index (χ0n) is 16.7. The molecule has 1 aromatic carbocycles. The second-order valence-electron chi connectivity index (χ2n) is 7.46. The predicted molar refractivity (Wildman–Crippen MR) is 118 cm³/mol. The zero-order valence-corrected chi connectivity index (χ0v) is 19.9. The number of carbonyl (C=O) groups is 2. The molecule has 1 aromatic heterocycles. The molecule has 0 saturated carbocycles. The number of hydrogen-bond acceptors (Lipinski definition) is 7. The van der Waals surface area contributed by atoms with Crippen LogP contribution in [0, 0.1) is 6.92 Å². The number of hydrogen-bond donors (Lipinski definition) is 1. The molecule has 9 nitrogen and oxygen atoms in total. The molecule has 2 aliphatic heterocycles. The van der Waals surface area contributed by atoms with Crippen molar-refractivity contribution in [2.45, 2.75) is 43.0 Å². The minimum absolute atomic E-state index is 0.0876. The van der Waals surface area contributed by atoms with E-state index in [0.29, 0.717) is 23.5 Å². The first-order valence-electron chi connectivity index (χ1n) is 9.66. The largest absolute Gasteiger partial charge is 0.444 e. The number of rotatable bonds is 5. The number of ether oxygens (including phenoxy) is 1. The molecule has 0 bridgehead atoms. The summed E-state index contributed by atoms with van der Waals surface area (Å²) in [5.74, 6) is -0.556. The molecular weight excluding hydrogens is 508 g/mol. The van der Waals surface area contributed by atoms with Crippen molar-refractivity contribution in [2.75, 3.05) is 18.0 Å². The fourth-order valence-corrected chi connectivity index (χ4v) is 7.50. The van der Waals surface area contributed by atoms with Crippen molar-refractivity contribution in [2.24, 2.45) is 5.73 Å². The van der Waals surface area contributed by atoms with Crippen LogP contribution < -0.4 is 10.6 Å². The average molecular weight is 529 g/mol. The van der Waals surface area contributed by atoms with Gasteiger partial charge in [0.25, 0.3) is 10.0 Å². The Labute approximate surface area is 192 Å². The number of cyclic esters (lactones) is 1. The number of primary amides is 1. The van der Waals surface area contributed by atoms with E-state index in [-0.39, 0.29) is 36.4 Å². The molecule has 2 aromatic rings. The summed E-state index contributed by atoms with van der Waals surface area (Å²) in [6, 6.07) is 5.52. The highest BCUT2D eigenvalue weighted by atomic mass is 79.9. The van der Waals surface area contributed by atoms with Crippen LogP contribution in [0.2, 0.25) is 0 Å². The lowest BCUT2D eigenvalue weighted by Gasteiger charge is -2.39. The molecule has 0 aliphatic carbocycles. The Hall–Kier alpha value is -2.02. The molecule has 3 heterocycles. The highest BCUT2D eigenvalue weighted by molar-refractivity contribution is 9.10. The summed E-state index contributed by atoms with van der Waals surface area (Å²) >= 11 is 4.41. The fraction of sp³-hybridized carbons (Fsp3) is 0.421. The maximum atomic E-state index is 13.2. The van der Waals surface area contributed by atoms with Gasteiger partial charge in [0.15, 0.2) is 4.21 Å². The van der Waals surface area contributed by atoms with Gasteiger partial charge >= 0.3 is 6.09 Å². The summed E-state index contributed by atoms with van der Waals surface area (Å²) in [7, 11) is -3.75. The van der Waals surface area contributed by atoms with Crippen molar-refractivity contribution >= 4 is 55.0 Å². The van der Waals surface area contributed by atoms with Crippen molar-refractivity contribution < 1.29 is 22.7 Å². The molecule has 2 aliphatic rings. The predicted octanol–water partition coefficient (Wildman–Crippen LogP) is 2.55. The Balaban J connectivity index is 1.51. The number of anilines is 1. The second-order valence-corrected chi connectivity index (χ2v) is 11.6. The van der Waals surface area contributed by atoms with E-state index in [1.165, 1.54) is 4.31 Å². The van der Waals surface area contributed by atoms with E-state index in [4.69, 9.17) is 10.5 Å². The van der Waals surface area contributed by atoms with E-state index >= 15 is 0 Å². The topological polar surface area (TPSA) is 123 Å². The number of fused-ring (bicyclic) bond motifs is 1. The highest BCUT2D eigenvalue weighted by Gasteiger charge is 2.38. The van der Waals surface area contributed by atoms with E-state index in [0.717, 1.165) is 27.1 Å². The quantitative estimate of drug-likeness (QED) is 0.635. The van der Waals surface area contributed by atoms with Crippen molar-refractivity contribution in [3.05, 3.63) is 38.9 Å². The van der Waals surface area contributed by atoms with E-state index in [2.05, 4.69) is 20.9 Å². The Kier molecular flexibility index (Phi) is 6.08. The molecule has 1 fully saturated rings. The fourth-order valence-electron chi connectivity index (χ4n) is 3.92. The first-order valence-corrected chi connectivity index (χ1v) is 12.7. The molecule has 2 amide bonds. The average Bonchev–Trinajstić information content (AvgIpc) is 3.08. The lowest BCUT2D eigenvalue weighted by Crippen LogP contribution is -2.50. The summed E-state index contributed by atoms with van der Waals surface area (Å²) in [5.41, 5.74) is 7.27. The van der Waals surface area contributed by atoms with E-state index in [1.54, 1.807) is 11.8 Å². The van der Waals surface area contributed by atoms with Gasteiger partial charge < -0.3 is 10.5 Å². The van der Waals surface area contributed by atoms with Crippen LogP contribution >= 0.6 is 27.3 Å². The van der Waals surface area contributed by atoms with Crippen LogP contribution in [0.1, 0.15) is 29.1 Å². The minimum atomic E-state index is -3.75. The summed E-state index contributed by atoms with van der Waals surface area (Å²) in [4.78, 5) is 29.5. The zero-order chi connectivity index (χ0) is 22.3. The van der Waals surface area contributed by atoms with Crippen molar-refractivity contribution in [3.63, 3.8) is 0 Å². The third kappa shape index (κ3) is 4.34. The van der Waals surface area contributed by atoms with Crippen LogP contribution in [0.25, 0.3) is 0 Å². The lowest BCUT2D eigenvalue weighted by atomic mass is 10.0.